The molecule has 0 fully saturated rings. The Morgan fingerprint density at radius 3 is 0.358 bits per heavy atom. The highest BCUT2D eigenvalue weighted by atomic mass is 31.8. The van der Waals surface area contributed by atoms with Crippen molar-refractivity contribution in [2.24, 2.45) is 0 Å². The molecule has 0 aromatic rings. The Hall–Kier alpha value is 1.08. The van der Waals surface area contributed by atoms with Crippen LogP contribution in [0.5, 0.6) is 0 Å². The monoisotopic (exact) mass is 1010 g/mol. The van der Waals surface area contributed by atoms with Crippen molar-refractivity contribution in [3.63, 3.8) is 0 Å². The van der Waals surface area contributed by atoms with Crippen LogP contribution in [0.1, 0.15) is 351 Å². The summed E-state index contributed by atoms with van der Waals surface area (Å²) in [5.74, 6) is 0. The predicted molar refractivity (Wildman–Crippen MR) is 326 cm³/mol. The zero-order valence-corrected chi connectivity index (χ0v) is 53.0. The normalized spacial score (nSPS) is 12.6. The smallest absolute Gasteiger partial charge is 0.0733 e. The van der Waals surface area contributed by atoms with Crippen LogP contribution in [-0.2, 0) is 0 Å². The van der Waals surface area contributed by atoms with Crippen molar-refractivity contribution >= 4 is 29.8 Å². The van der Waals surface area contributed by atoms with Crippen molar-refractivity contribution < 1.29 is 0 Å². The van der Waals surface area contributed by atoms with Crippen molar-refractivity contribution in [2.45, 2.75) is 406 Å². The lowest BCUT2D eigenvalue weighted by atomic mass is 10.2. The van der Waals surface area contributed by atoms with Crippen molar-refractivity contribution in [3.8, 4) is 0 Å². The van der Waals surface area contributed by atoms with Gasteiger partial charge in [0.05, 0.1) is 23.2 Å². The van der Waals surface area contributed by atoms with Gasteiger partial charge in [0.2, 0.25) is 0 Å². The van der Waals surface area contributed by atoms with Gasteiger partial charge in [0.25, 0.3) is 0 Å². The molecule has 0 aliphatic carbocycles. The van der Waals surface area contributed by atoms with Crippen LogP contribution in [0.4, 0.5) is 0 Å². The van der Waals surface area contributed by atoms with Gasteiger partial charge in [-0.05, 0) is 0 Å². The minimum atomic E-state index is -1.64. The molecule has 0 amide bonds. The summed E-state index contributed by atoms with van der Waals surface area (Å²) in [5, 5.41) is 0. The molecule has 67 heavy (non-hydrogen) atoms. The van der Waals surface area contributed by atoms with E-state index in [1.807, 2.05) is 0 Å². The minimum Gasteiger partial charge on any atom is -0.138 e. The van der Waals surface area contributed by atoms with E-state index in [9.17, 15) is 0 Å². The zero-order chi connectivity index (χ0) is 49.3. The summed E-state index contributed by atoms with van der Waals surface area (Å²) >= 11 is 0. The van der Waals surface area contributed by atoms with E-state index in [0.29, 0.717) is 0 Å². The fourth-order valence-electron chi connectivity index (χ4n) is 13.2. The summed E-state index contributed by atoms with van der Waals surface area (Å²) in [6, 6.07) is 16.2. The summed E-state index contributed by atoms with van der Waals surface area (Å²) in [5.41, 5.74) is 0. The van der Waals surface area contributed by atoms with Crippen LogP contribution in [0.2, 0.25) is 54.4 Å². The molecule has 0 heterocycles. The predicted octanol–water partition coefficient (Wildman–Crippen LogP) is 26.0. The molecule has 0 unspecified atom stereocenters. The van der Waals surface area contributed by atoms with E-state index >= 15 is 0 Å². The first kappa shape index (κ1) is 68.1. The van der Waals surface area contributed by atoms with Gasteiger partial charge in [-0.25, -0.2) is 0 Å². The molecular weight excluding hydrogens is 872 g/mol. The summed E-state index contributed by atoms with van der Waals surface area (Å²) < 4.78 is 0. The summed E-state index contributed by atoms with van der Waals surface area (Å²) in [6.07, 6.45) is 68.5. The molecule has 0 rings (SSSR count). The van der Waals surface area contributed by atoms with Crippen molar-refractivity contribution in [3.05, 3.63) is 0 Å². The molecule has 0 atom stereocenters. The van der Waals surface area contributed by atoms with Gasteiger partial charge in [0.1, 0.15) is 0 Å². The summed E-state index contributed by atoms with van der Waals surface area (Å²) in [7, 11) is -4.92. The third kappa shape index (κ3) is 34.2. The van der Waals surface area contributed by atoms with Crippen LogP contribution < -0.4 is 0 Å². The molecule has 4 heteroatoms. The maximum atomic E-state index is 2.47. The highest BCUT2D eigenvalue weighted by Crippen LogP contribution is 2.73. The Morgan fingerprint density at radius 1 is 0.149 bits per heavy atom. The Morgan fingerprint density at radius 2 is 0.254 bits per heavy atom. The lowest BCUT2D eigenvalue weighted by Gasteiger charge is -2.60. The maximum Gasteiger partial charge on any atom is 0.0733 e. The molecule has 0 N–H and O–H groups in total. The molecule has 0 radical (unpaired) electrons. The van der Waals surface area contributed by atoms with Gasteiger partial charge in [-0.3, -0.25) is 0 Å². The fourth-order valence-corrected chi connectivity index (χ4v) is 93.3. The Kier molecular flexibility index (Phi) is 51.4. The highest BCUT2D eigenvalue weighted by Gasteiger charge is 2.59. The molecule has 0 saturated heterocycles. The first-order valence-electron chi connectivity index (χ1n) is 32.7. The van der Waals surface area contributed by atoms with Crippen LogP contribution >= 0.6 is 6.57 Å². The number of rotatable bonds is 57. The first-order valence-corrected chi connectivity index (χ1v) is 44.4. The van der Waals surface area contributed by atoms with E-state index in [4.69, 9.17) is 0 Å². The molecule has 0 spiro atoms. The van der Waals surface area contributed by atoms with Gasteiger partial charge in [0, 0.05) is 0 Å². The van der Waals surface area contributed by atoms with E-state index in [0.717, 1.165) is 0 Å². The van der Waals surface area contributed by atoms with Gasteiger partial charge >= 0.3 is 0 Å². The third-order valence-corrected chi connectivity index (χ3v) is 71.7. The Bertz CT molecular complexity index is 726. The van der Waals surface area contributed by atoms with E-state index in [2.05, 4.69) is 62.3 Å². The van der Waals surface area contributed by atoms with Crippen LogP contribution in [-0.4, -0.2) is 23.2 Å². The SMILES string of the molecule is CCCCCCC[Si](CCCCCCC)(CCCCCCC)P([Si](CCCCCCC)(CCCCCCC)CCCCCCC)[Si](CCCCCCC)(CCCCCCC)CCCCCCC. The molecule has 0 nitrogen and oxygen atoms in total. The molecule has 404 valence electrons. The molecule has 0 bridgehead atoms. The van der Waals surface area contributed by atoms with Crippen molar-refractivity contribution in [1.82, 2.24) is 0 Å². The van der Waals surface area contributed by atoms with Crippen LogP contribution in [0.15, 0.2) is 0 Å². The van der Waals surface area contributed by atoms with E-state index < -0.39 is 23.2 Å². The molecule has 0 aromatic carbocycles. The zero-order valence-electron chi connectivity index (χ0n) is 49.1. The standard InChI is InChI=1S/C63H135PSi3/c1-10-19-28-37-46-55-65(56-47-38-29-20-11-2,57-48-39-30-21-12-3)64(66(58-49-40-31-22-13-4,59-50-41-32-23-14-5)60-51-42-33-24-15-6)67(61-52-43-34-25-16-7,62-53-44-35-26-17-8)63-54-45-36-27-18-9/h10-63H2,1-9H3. The average molecular weight is 1010 g/mol. The Labute approximate surface area is 433 Å². The molecule has 0 aliphatic heterocycles. The third-order valence-electron chi connectivity index (χ3n) is 17.1. The second-order valence-electron chi connectivity index (χ2n) is 23.5. The van der Waals surface area contributed by atoms with Gasteiger partial charge < -0.3 is 0 Å². The molecular formula is C63H135PSi3. The molecule has 0 aromatic heterocycles. The van der Waals surface area contributed by atoms with Crippen molar-refractivity contribution in [1.29, 1.82) is 0 Å². The first-order chi connectivity index (χ1) is 32.9. The summed E-state index contributed by atoms with van der Waals surface area (Å²) in [6.45, 7) is 22.4. The topological polar surface area (TPSA) is 0 Å². The van der Waals surface area contributed by atoms with Crippen LogP contribution in [0, 0.1) is 0 Å². The van der Waals surface area contributed by atoms with E-state index in [-0.39, 0.29) is 6.57 Å². The fraction of sp³-hybridized carbons (Fsp3) is 1.00. The number of hydrogen-bond acceptors (Lipinski definition) is 0. The second kappa shape index (κ2) is 50.6. The molecule has 0 saturated carbocycles. The number of unbranched alkanes of at least 4 members (excludes halogenated alkanes) is 36. The average Bonchev–Trinajstić information content (AvgIpc) is 3.33. The van der Waals surface area contributed by atoms with E-state index in [1.165, 1.54) is 173 Å². The van der Waals surface area contributed by atoms with Crippen LogP contribution in [0.3, 0.4) is 0 Å². The van der Waals surface area contributed by atoms with Gasteiger partial charge in [-0.1, -0.05) is 406 Å². The van der Waals surface area contributed by atoms with Gasteiger partial charge in [0.15, 0.2) is 0 Å². The van der Waals surface area contributed by atoms with Crippen LogP contribution in [0.25, 0.3) is 0 Å². The molecule has 0 aliphatic rings. The van der Waals surface area contributed by atoms with E-state index in [1.54, 1.807) is 170 Å². The summed E-state index contributed by atoms with van der Waals surface area (Å²) in [4.78, 5) is 0. The largest absolute Gasteiger partial charge is 0.138 e. The lowest BCUT2D eigenvalue weighted by Crippen LogP contribution is -2.55. The number of hydrogen-bond donors (Lipinski definition) is 0. The minimum absolute atomic E-state index is 0.192. The second-order valence-corrected chi connectivity index (χ2v) is 52.6. The van der Waals surface area contributed by atoms with Gasteiger partial charge in [-0.2, -0.15) is 0 Å². The quantitative estimate of drug-likeness (QED) is 0.0324. The van der Waals surface area contributed by atoms with Crippen molar-refractivity contribution in [2.75, 3.05) is 0 Å². The van der Waals surface area contributed by atoms with Gasteiger partial charge in [-0.15, -0.1) is 6.57 Å². The highest BCUT2D eigenvalue weighted by molar-refractivity contribution is 8.37. The Balaban J connectivity index is 8.72. The lowest BCUT2D eigenvalue weighted by molar-refractivity contribution is 0.631. The maximum absolute atomic E-state index is 2.47.